The van der Waals surface area contributed by atoms with Crippen LogP contribution in [0.15, 0.2) is 39.5 Å². The lowest BCUT2D eigenvalue weighted by molar-refractivity contribution is -0.144. The summed E-state index contributed by atoms with van der Waals surface area (Å²) in [6.45, 7) is -0.497. The van der Waals surface area contributed by atoms with Crippen LogP contribution in [0.4, 0.5) is 0 Å². The number of nitrogens with one attached hydrogen (secondary N) is 1. The van der Waals surface area contributed by atoms with Gasteiger partial charge < -0.3 is 24.1 Å². The zero-order valence-corrected chi connectivity index (χ0v) is 15.9. The smallest absolute Gasteiger partial charge is 0.325 e. The summed E-state index contributed by atoms with van der Waals surface area (Å²) in [6, 6.07) is 6.56. The molecule has 2 aromatic heterocycles. The molecule has 28 heavy (non-hydrogen) atoms. The minimum absolute atomic E-state index is 0.165. The van der Waals surface area contributed by atoms with Crippen molar-refractivity contribution < 1.29 is 28.3 Å². The van der Waals surface area contributed by atoms with E-state index in [4.69, 9.17) is 18.7 Å². The Hall–Kier alpha value is -3.40. The zero-order valence-electron chi connectivity index (χ0n) is 15.1. The largest absolute Gasteiger partial charge is 0.497 e. The minimum atomic E-state index is -0.640. The second-order valence-electron chi connectivity index (χ2n) is 5.47. The number of rotatable bonds is 8. The van der Waals surface area contributed by atoms with E-state index in [1.54, 1.807) is 6.07 Å². The van der Waals surface area contributed by atoms with Gasteiger partial charge in [-0.2, -0.15) is 16.3 Å². The molecular weight excluding hydrogens is 386 g/mol. The Bertz CT molecular complexity index is 932. The standard InChI is InChI=1S/C18H17N3O6S/c1-24-13-5-12(6-14(7-13)25-2)18(23)19-8-16(22)26-9-15-20-17(21-27-15)11-3-4-28-10-11/h3-7,10H,8-9H2,1-2H3,(H,19,23). The van der Waals surface area contributed by atoms with Crippen LogP contribution in [0.25, 0.3) is 11.4 Å². The molecule has 0 aliphatic heterocycles. The third-order valence-corrected chi connectivity index (χ3v) is 4.29. The number of ether oxygens (including phenoxy) is 3. The van der Waals surface area contributed by atoms with E-state index in [2.05, 4.69) is 15.5 Å². The fourth-order valence-electron chi connectivity index (χ4n) is 2.21. The lowest BCUT2D eigenvalue weighted by atomic mass is 10.2. The Kier molecular flexibility index (Phi) is 6.22. The number of hydrogen-bond donors (Lipinski definition) is 1. The van der Waals surface area contributed by atoms with Crippen LogP contribution in [0, 0.1) is 0 Å². The number of esters is 1. The van der Waals surface area contributed by atoms with E-state index in [-0.39, 0.29) is 19.0 Å². The van der Waals surface area contributed by atoms with E-state index in [1.807, 2.05) is 16.8 Å². The molecule has 0 saturated carbocycles. The number of carbonyl (C=O) groups is 2. The molecule has 2 heterocycles. The van der Waals surface area contributed by atoms with Crippen molar-refractivity contribution >= 4 is 23.2 Å². The number of hydrogen-bond acceptors (Lipinski definition) is 9. The molecule has 0 saturated heterocycles. The SMILES string of the molecule is COc1cc(OC)cc(C(=O)NCC(=O)OCc2nc(-c3ccsc3)no2)c1. The predicted molar refractivity (Wildman–Crippen MR) is 99.3 cm³/mol. The summed E-state index contributed by atoms with van der Waals surface area (Å²) in [7, 11) is 2.96. The van der Waals surface area contributed by atoms with Crippen molar-refractivity contribution in [3.63, 3.8) is 0 Å². The second-order valence-corrected chi connectivity index (χ2v) is 6.25. The van der Waals surface area contributed by atoms with Crippen LogP contribution in [0.3, 0.4) is 0 Å². The monoisotopic (exact) mass is 403 g/mol. The van der Waals surface area contributed by atoms with E-state index < -0.39 is 11.9 Å². The zero-order chi connectivity index (χ0) is 19.9. The molecule has 1 aromatic carbocycles. The fraction of sp³-hybridized carbons (Fsp3) is 0.222. The van der Waals surface area contributed by atoms with Gasteiger partial charge in [-0.05, 0) is 23.6 Å². The molecule has 0 unspecified atom stereocenters. The summed E-state index contributed by atoms with van der Waals surface area (Å²) in [6.07, 6.45) is 0. The van der Waals surface area contributed by atoms with Crippen LogP contribution < -0.4 is 14.8 Å². The number of thiophene rings is 1. The van der Waals surface area contributed by atoms with Crippen LogP contribution >= 0.6 is 11.3 Å². The second kappa shape index (κ2) is 9.00. The number of methoxy groups -OCH3 is 2. The van der Waals surface area contributed by atoms with Crippen molar-refractivity contribution in [1.29, 1.82) is 0 Å². The van der Waals surface area contributed by atoms with E-state index in [0.29, 0.717) is 22.9 Å². The van der Waals surface area contributed by atoms with Gasteiger partial charge in [-0.25, -0.2) is 0 Å². The number of aromatic nitrogens is 2. The highest BCUT2D eigenvalue weighted by atomic mass is 32.1. The van der Waals surface area contributed by atoms with E-state index in [1.165, 1.54) is 37.7 Å². The van der Waals surface area contributed by atoms with E-state index in [9.17, 15) is 9.59 Å². The topological polar surface area (TPSA) is 113 Å². The van der Waals surface area contributed by atoms with Crippen molar-refractivity contribution in [3.05, 3.63) is 46.5 Å². The van der Waals surface area contributed by atoms with Gasteiger partial charge in [0, 0.05) is 22.6 Å². The van der Waals surface area contributed by atoms with Crippen LogP contribution in [0.1, 0.15) is 16.2 Å². The molecule has 0 spiro atoms. The van der Waals surface area contributed by atoms with Crippen LogP contribution in [-0.4, -0.2) is 42.8 Å². The minimum Gasteiger partial charge on any atom is -0.497 e. The average molecular weight is 403 g/mol. The van der Waals surface area contributed by atoms with Gasteiger partial charge in [0.25, 0.3) is 11.8 Å². The molecule has 1 N–H and O–H groups in total. The van der Waals surface area contributed by atoms with Crippen molar-refractivity contribution in [1.82, 2.24) is 15.5 Å². The van der Waals surface area contributed by atoms with Crippen molar-refractivity contribution in [2.24, 2.45) is 0 Å². The Balaban J connectivity index is 1.50. The number of carbonyl (C=O) groups excluding carboxylic acids is 2. The molecule has 146 valence electrons. The van der Waals surface area contributed by atoms with Crippen molar-refractivity contribution in [2.45, 2.75) is 6.61 Å². The molecule has 0 aliphatic carbocycles. The van der Waals surface area contributed by atoms with E-state index >= 15 is 0 Å². The highest BCUT2D eigenvalue weighted by Crippen LogP contribution is 2.22. The van der Waals surface area contributed by atoms with Gasteiger partial charge in [0.2, 0.25) is 5.82 Å². The van der Waals surface area contributed by atoms with Gasteiger partial charge in [0.15, 0.2) is 6.61 Å². The van der Waals surface area contributed by atoms with Crippen LogP contribution in [0.5, 0.6) is 11.5 Å². The molecule has 3 rings (SSSR count). The number of nitrogens with zero attached hydrogens (tertiary/aromatic N) is 2. The lowest BCUT2D eigenvalue weighted by Crippen LogP contribution is -2.30. The first-order valence-corrected chi connectivity index (χ1v) is 9.05. The molecule has 0 bridgehead atoms. The molecule has 0 fully saturated rings. The first-order chi connectivity index (χ1) is 13.6. The van der Waals surface area contributed by atoms with Gasteiger partial charge in [0.05, 0.1) is 14.2 Å². The molecule has 0 radical (unpaired) electrons. The summed E-state index contributed by atoms with van der Waals surface area (Å²) in [5, 5.41) is 10.1. The van der Waals surface area contributed by atoms with E-state index in [0.717, 1.165) is 5.56 Å². The maximum absolute atomic E-state index is 12.2. The normalized spacial score (nSPS) is 10.4. The predicted octanol–water partition coefficient (Wildman–Crippen LogP) is 2.29. The Morgan fingerprint density at radius 1 is 1.18 bits per heavy atom. The lowest BCUT2D eigenvalue weighted by Gasteiger charge is -2.09. The summed E-state index contributed by atoms with van der Waals surface area (Å²) in [4.78, 5) is 28.2. The Morgan fingerprint density at radius 3 is 2.57 bits per heavy atom. The molecular formula is C18H17N3O6S. The van der Waals surface area contributed by atoms with Gasteiger partial charge >= 0.3 is 5.97 Å². The molecule has 9 nitrogen and oxygen atoms in total. The number of benzene rings is 1. The number of amides is 1. The highest BCUT2D eigenvalue weighted by Gasteiger charge is 2.14. The third-order valence-electron chi connectivity index (χ3n) is 3.61. The Labute approximate surface area is 164 Å². The molecule has 10 heteroatoms. The first kappa shape index (κ1) is 19.4. The van der Waals surface area contributed by atoms with Gasteiger partial charge in [-0.15, -0.1) is 0 Å². The Morgan fingerprint density at radius 2 is 1.93 bits per heavy atom. The third kappa shape index (κ3) is 4.86. The quantitative estimate of drug-likeness (QED) is 0.570. The average Bonchev–Trinajstić information content (AvgIpc) is 3.41. The van der Waals surface area contributed by atoms with Crippen molar-refractivity contribution in [3.8, 4) is 22.9 Å². The van der Waals surface area contributed by atoms with Gasteiger partial charge in [0.1, 0.15) is 18.0 Å². The molecule has 0 aliphatic rings. The molecule has 0 atom stereocenters. The van der Waals surface area contributed by atoms with Gasteiger partial charge in [-0.1, -0.05) is 5.16 Å². The first-order valence-electron chi connectivity index (χ1n) is 8.11. The van der Waals surface area contributed by atoms with Crippen molar-refractivity contribution in [2.75, 3.05) is 20.8 Å². The molecule has 1 amide bonds. The maximum Gasteiger partial charge on any atom is 0.325 e. The van der Waals surface area contributed by atoms with Crippen LogP contribution in [-0.2, 0) is 16.1 Å². The maximum atomic E-state index is 12.2. The summed E-state index contributed by atoms with van der Waals surface area (Å²) >= 11 is 1.51. The summed E-state index contributed by atoms with van der Waals surface area (Å²) < 4.78 is 20.3. The summed E-state index contributed by atoms with van der Waals surface area (Å²) in [5.74, 6) is 0.408. The highest BCUT2D eigenvalue weighted by molar-refractivity contribution is 7.08. The van der Waals surface area contributed by atoms with Crippen LogP contribution in [0.2, 0.25) is 0 Å². The molecule has 3 aromatic rings. The fourth-order valence-corrected chi connectivity index (χ4v) is 2.84. The summed E-state index contributed by atoms with van der Waals surface area (Å²) in [5.41, 5.74) is 1.12. The van der Waals surface area contributed by atoms with Gasteiger partial charge in [-0.3, -0.25) is 9.59 Å².